The van der Waals surface area contributed by atoms with Gasteiger partial charge in [0.25, 0.3) is 5.91 Å². The number of hydrogen-bond acceptors (Lipinski definition) is 5. The maximum absolute atomic E-state index is 13.4. The fourth-order valence-electron chi connectivity index (χ4n) is 4.72. The standard InChI is InChI=1S/C26H29N3O5/c1-3-34-25(32)18-9-7-10-19(15-18)27-23(30)16-22-24(31)29(21-13-6-8-17(2)14-21)26(33)28(22)20-11-4-5-12-20/h6-10,13-15,20,22H,3-5,11-12,16H2,1-2H3,(H,27,30)/t22-/m1/s1. The molecular formula is C26H29N3O5. The van der Waals surface area contributed by atoms with Crippen LogP contribution in [0.3, 0.4) is 0 Å². The highest BCUT2D eigenvalue weighted by Gasteiger charge is 2.49. The number of anilines is 2. The smallest absolute Gasteiger partial charge is 0.338 e. The Hall–Kier alpha value is -3.68. The van der Waals surface area contributed by atoms with Crippen LogP contribution in [0.1, 0.15) is 54.9 Å². The molecule has 4 rings (SSSR count). The van der Waals surface area contributed by atoms with Crippen molar-refractivity contribution in [3.05, 3.63) is 59.7 Å². The summed E-state index contributed by atoms with van der Waals surface area (Å²) >= 11 is 0. The minimum Gasteiger partial charge on any atom is -0.462 e. The van der Waals surface area contributed by atoms with Gasteiger partial charge in [0.2, 0.25) is 5.91 Å². The Labute approximate surface area is 198 Å². The topological polar surface area (TPSA) is 96.0 Å². The zero-order valence-electron chi connectivity index (χ0n) is 19.5. The van der Waals surface area contributed by atoms with E-state index in [-0.39, 0.29) is 25.1 Å². The van der Waals surface area contributed by atoms with E-state index in [1.165, 1.54) is 11.0 Å². The summed E-state index contributed by atoms with van der Waals surface area (Å²) in [4.78, 5) is 54.6. The van der Waals surface area contributed by atoms with Crippen LogP contribution in [0.2, 0.25) is 0 Å². The van der Waals surface area contributed by atoms with Crippen molar-refractivity contribution in [1.82, 2.24) is 4.90 Å². The number of hydrogen-bond donors (Lipinski definition) is 1. The molecule has 1 atom stereocenters. The highest BCUT2D eigenvalue weighted by Crippen LogP contribution is 2.34. The molecule has 0 radical (unpaired) electrons. The number of nitrogens with one attached hydrogen (secondary N) is 1. The number of ether oxygens (including phenoxy) is 1. The first kappa shape index (κ1) is 23.5. The largest absolute Gasteiger partial charge is 0.462 e. The van der Waals surface area contributed by atoms with E-state index in [1.807, 2.05) is 19.1 Å². The van der Waals surface area contributed by atoms with Gasteiger partial charge in [-0.05, 0) is 62.6 Å². The van der Waals surface area contributed by atoms with Crippen LogP contribution in [0, 0.1) is 6.92 Å². The van der Waals surface area contributed by atoms with E-state index in [9.17, 15) is 19.2 Å². The Bertz CT molecular complexity index is 1110. The van der Waals surface area contributed by atoms with Crippen molar-refractivity contribution in [2.45, 2.75) is 58.0 Å². The number of aryl methyl sites for hydroxylation is 1. The summed E-state index contributed by atoms with van der Waals surface area (Å²) in [5, 5.41) is 2.76. The lowest BCUT2D eigenvalue weighted by molar-refractivity contribution is -0.124. The van der Waals surface area contributed by atoms with Crippen molar-refractivity contribution in [2.24, 2.45) is 0 Å². The average molecular weight is 464 g/mol. The van der Waals surface area contributed by atoms with Crippen LogP contribution in [-0.4, -0.2) is 47.4 Å². The molecule has 0 unspecified atom stereocenters. The van der Waals surface area contributed by atoms with Gasteiger partial charge in [0.05, 0.1) is 24.3 Å². The fourth-order valence-corrected chi connectivity index (χ4v) is 4.72. The number of carbonyl (C=O) groups is 4. The SMILES string of the molecule is CCOC(=O)c1cccc(NC(=O)C[C@@H]2C(=O)N(c3cccc(C)c3)C(=O)N2C2CCCC2)c1. The molecule has 0 aromatic heterocycles. The summed E-state index contributed by atoms with van der Waals surface area (Å²) < 4.78 is 5.01. The summed E-state index contributed by atoms with van der Waals surface area (Å²) in [6.07, 6.45) is 3.47. The molecule has 1 saturated carbocycles. The first-order chi connectivity index (χ1) is 16.4. The molecule has 4 amide bonds. The van der Waals surface area contributed by atoms with Gasteiger partial charge in [-0.25, -0.2) is 14.5 Å². The van der Waals surface area contributed by atoms with Gasteiger partial charge in [-0.15, -0.1) is 0 Å². The van der Waals surface area contributed by atoms with E-state index in [4.69, 9.17) is 4.74 Å². The number of esters is 1. The quantitative estimate of drug-likeness (QED) is 0.488. The van der Waals surface area contributed by atoms with Crippen molar-refractivity contribution >= 4 is 35.2 Å². The third kappa shape index (κ3) is 4.81. The highest BCUT2D eigenvalue weighted by molar-refractivity contribution is 6.22. The molecule has 1 aliphatic heterocycles. The van der Waals surface area contributed by atoms with Gasteiger partial charge in [0, 0.05) is 11.7 Å². The van der Waals surface area contributed by atoms with Gasteiger partial charge in [-0.2, -0.15) is 0 Å². The Kier molecular flexibility index (Phi) is 6.95. The van der Waals surface area contributed by atoms with E-state index in [1.54, 1.807) is 42.2 Å². The summed E-state index contributed by atoms with van der Waals surface area (Å²) in [5.41, 5.74) is 2.21. The molecule has 2 aromatic carbocycles. The summed E-state index contributed by atoms with van der Waals surface area (Å²) in [6.45, 7) is 3.87. The molecule has 1 heterocycles. The third-order valence-electron chi connectivity index (χ3n) is 6.27. The third-order valence-corrected chi connectivity index (χ3v) is 6.27. The average Bonchev–Trinajstić information content (AvgIpc) is 3.41. The lowest BCUT2D eigenvalue weighted by atomic mass is 10.1. The van der Waals surface area contributed by atoms with Crippen LogP contribution >= 0.6 is 0 Å². The molecular weight excluding hydrogens is 434 g/mol. The fraction of sp³-hybridized carbons (Fsp3) is 0.385. The van der Waals surface area contributed by atoms with Crippen LogP contribution in [0.15, 0.2) is 48.5 Å². The van der Waals surface area contributed by atoms with E-state index in [0.717, 1.165) is 31.2 Å². The summed E-state index contributed by atoms with van der Waals surface area (Å²) in [7, 11) is 0. The molecule has 0 spiro atoms. The van der Waals surface area contributed by atoms with Crippen molar-refractivity contribution in [3.8, 4) is 0 Å². The Morgan fingerprint density at radius 2 is 1.79 bits per heavy atom. The summed E-state index contributed by atoms with van der Waals surface area (Å²) in [5.74, 6) is -1.27. The Balaban J connectivity index is 1.54. The highest BCUT2D eigenvalue weighted by atomic mass is 16.5. The maximum Gasteiger partial charge on any atom is 0.338 e. The Morgan fingerprint density at radius 3 is 2.50 bits per heavy atom. The van der Waals surface area contributed by atoms with Crippen molar-refractivity contribution in [1.29, 1.82) is 0 Å². The minimum absolute atomic E-state index is 0.0591. The lowest BCUT2D eigenvalue weighted by Gasteiger charge is -2.28. The van der Waals surface area contributed by atoms with Crippen LogP contribution in [0.4, 0.5) is 16.2 Å². The predicted octanol–water partition coefficient (Wildman–Crippen LogP) is 4.28. The van der Waals surface area contributed by atoms with Gasteiger partial charge in [0.15, 0.2) is 0 Å². The van der Waals surface area contributed by atoms with Crippen LogP contribution < -0.4 is 10.2 Å². The van der Waals surface area contributed by atoms with Crippen LogP contribution in [0.5, 0.6) is 0 Å². The van der Waals surface area contributed by atoms with E-state index < -0.39 is 23.8 Å². The van der Waals surface area contributed by atoms with E-state index in [2.05, 4.69) is 5.32 Å². The number of rotatable bonds is 7. The number of urea groups is 1. The Morgan fingerprint density at radius 1 is 1.06 bits per heavy atom. The van der Waals surface area contributed by atoms with Crippen molar-refractivity contribution in [2.75, 3.05) is 16.8 Å². The molecule has 8 nitrogen and oxygen atoms in total. The first-order valence-electron chi connectivity index (χ1n) is 11.7. The second-order valence-corrected chi connectivity index (χ2v) is 8.71. The van der Waals surface area contributed by atoms with Gasteiger partial charge in [0.1, 0.15) is 6.04 Å². The monoisotopic (exact) mass is 463 g/mol. The second kappa shape index (κ2) is 10.1. The van der Waals surface area contributed by atoms with Gasteiger partial charge in [-0.1, -0.05) is 31.0 Å². The predicted molar refractivity (Wildman–Crippen MR) is 128 cm³/mol. The van der Waals surface area contributed by atoms with Crippen LogP contribution in [0.25, 0.3) is 0 Å². The second-order valence-electron chi connectivity index (χ2n) is 8.71. The molecule has 1 N–H and O–H groups in total. The molecule has 2 aromatic rings. The normalized spacial score (nSPS) is 18.5. The molecule has 1 aliphatic carbocycles. The van der Waals surface area contributed by atoms with Crippen molar-refractivity contribution < 1.29 is 23.9 Å². The van der Waals surface area contributed by atoms with Gasteiger partial charge >= 0.3 is 12.0 Å². The summed E-state index contributed by atoms with van der Waals surface area (Å²) in [6, 6.07) is 12.4. The van der Waals surface area contributed by atoms with Crippen molar-refractivity contribution in [3.63, 3.8) is 0 Å². The molecule has 2 aliphatic rings. The zero-order valence-corrected chi connectivity index (χ0v) is 19.5. The number of carbonyl (C=O) groups excluding carboxylic acids is 4. The van der Waals surface area contributed by atoms with E-state index >= 15 is 0 Å². The molecule has 8 heteroatoms. The van der Waals surface area contributed by atoms with Crippen LogP contribution in [-0.2, 0) is 14.3 Å². The zero-order chi connectivity index (χ0) is 24.2. The molecule has 178 valence electrons. The van der Waals surface area contributed by atoms with Gasteiger partial charge in [-0.3, -0.25) is 9.59 Å². The van der Waals surface area contributed by atoms with E-state index in [0.29, 0.717) is 16.9 Å². The maximum atomic E-state index is 13.4. The molecule has 0 bridgehead atoms. The molecule has 1 saturated heterocycles. The molecule has 34 heavy (non-hydrogen) atoms. The number of nitrogens with zero attached hydrogens (tertiary/aromatic N) is 2. The minimum atomic E-state index is -0.871. The number of imide groups is 1. The first-order valence-corrected chi connectivity index (χ1v) is 11.7. The molecule has 2 fully saturated rings. The lowest BCUT2D eigenvalue weighted by Crippen LogP contribution is -2.43. The van der Waals surface area contributed by atoms with Gasteiger partial charge < -0.3 is 15.0 Å². The number of benzene rings is 2. The number of amides is 4.